The molecule has 1 atom stereocenters. The topological polar surface area (TPSA) is 86.1 Å². The minimum absolute atomic E-state index is 0.0277. The highest BCUT2D eigenvalue weighted by Gasteiger charge is 2.41. The Kier molecular flexibility index (Phi) is 7.59. The summed E-state index contributed by atoms with van der Waals surface area (Å²) in [6.45, 7) is 10.2. The van der Waals surface area contributed by atoms with Gasteiger partial charge in [-0.3, -0.25) is 14.5 Å². The Hall–Kier alpha value is -3.66. The third kappa shape index (κ3) is 5.32. The van der Waals surface area contributed by atoms with Crippen LogP contribution in [0.25, 0.3) is 5.69 Å². The average Bonchev–Trinajstić information content (AvgIpc) is 3.58. The lowest BCUT2D eigenvalue weighted by Gasteiger charge is -2.32. The van der Waals surface area contributed by atoms with Gasteiger partial charge >= 0.3 is 0 Å². The van der Waals surface area contributed by atoms with E-state index in [-0.39, 0.29) is 41.6 Å². The number of methoxy groups -OCH3 is 1. The Balaban J connectivity index is 1.52. The number of rotatable bonds is 5. The molecule has 0 aliphatic carbocycles. The number of fused-ring (bicyclic) bond motifs is 2. The van der Waals surface area contributed by atoms with E-state index in [9.17, 15) is 9.59 Å². The minimum Gasteiger partial charge on any atom is -0.497 e. The van der Waals surface area contributed by atoms with Crippen molar-refractivity contribution >= 4 is 29.4 Å². The molecule has 3 aromatic rings. The Bertz CT molecular complexity index is 1490. The second kappa shape index (κ2) is 11.2. The fraction of sp³-hybridized carbons (Fsp3) is 0.469. The van der Waals surface area contributed by atoms with Gasteiger partial charge in [-0.1, -0.05) is 33.8 Å². The fourth-order valence-electron chi connectivity index (χ4n) is 5.81. The van der Waals surface area contributed by atoms with Crippen molar-refractivity contribution in [1.82, 2.24) is 14.7 Å². The summed E-state index contributed by atoms with van der Waals surface area (Å²) in [4.78, 5) is 31.3. The zero-order valence-corrected chi connectivity index (χ0v) is 25.7. The lowest BCUT2D eigenvalue weighted by atomic mass is 9.87. The average molecular weight is 591 g/mol. The summed E-state index contributed by atoms with van der Waals surface area (Å²) in [6.07, 6.45) is 1.95. The summed E-state index contributed by atoms with van der Waals surface area (Å²) in [5.41, 5.74) is 3.26. The van der Waals surface area contributed by atoms with Crippen LogP contribution in [0.5, 0.6) is 17.2 Å². The monoisotopic (exact) mass is 590 g/mol. The maximum absolute atomic E-state index is 14.0. The summed E-state index contributed by atoms with van der Waals surface area (Å²) in [7, 11) is 1.63. The van der Waals surface area contributed by atoms with E-state index in [0.717, 1.165) is 41.1 Å². The third-order valence-electron chi connectivity index (χ3n) is 8.25. The number of carbonyl (C=O) groups excluding carboxylic acids is 2. The van der Waals surface area contributed by atoms with E-state index < -0.39 is 0 Å². The molecule has 1 saturated heterocycles. The van der Waals surface area contributed by atoms with Crippen molar-refractivity contribution in [1.29, 1.82) is 0 Å². The van der Waals surface area contributed by atoms with E-state index in [1.165, 1.54) is 0 Å². The molecular formula is C32H38N4O5S. The molecule has 10 heteroatoms. The molecular weight excluding hydrogens is 552 g/mol. The summed E-state index contributed by atoms with van der Waals surface area (Å²) >= 11 is 1.56. The van der Waals surface area contributed by atoms with Gasteiger partial charge < -0.3 is 19.1 Å². The molecule has 0 bridgehead atoms. The Labute approximate surface area is 251 Å². The van der Waals surface area contributed by atoms with E-state index in [4.69, 9.17) is 19.3 Å². The third-order valence-corrected chi connectivity index (χ3v) is 9.50. The number of thioether (sulfide) groups is 1. The number of anilines is 1. The van der Waals surface area contributed by atoms with Crippen LogP contribution in [0.1, 0.15) is 62.6 Å². The van der Waals surface area contributed by atoms with Crippen molar-refractivity contribution in [3.8, 4) is 22.9 Å². The lowest BCUT2D eigenvalue weighted by molar-refractivity contribution is -0.132. The van der Waals surface area contributed by atoms with Crippen LogP contribution in [0.2, 0.25) is 0 Å². The summed E-state index contributed by atoms with van der Waals surface area (Å²) in [6, 6.07) is 13.6. The Morgan fingerprint density at radius 1 is 1.07 bits per heavy atom. The first-order valence-electron chi connectivity index (χ1n) is 14.5. The molecule has 222 valence electrons. The minimum atomic E-state index is -0.344. The molecule has 2 amide bonds. The number of hydrogen-bond acceptors (Lipinski definition) is 7. The van der Waals surface area contributed by atoms with Crippen LogP contribution in [0.3, 0.4) is 0 Å². The van der Waals surface area contributed by atoms with Crippen molar-refractivity contribution in [3.05, 3.63) is 59.3 Å². The SMILES string of the molecule is COc1ccc(-n2nc(C(C)(C)C)c3c2N(CC(=O)N2CCC(C)CC2)C(=O)CS[C@H]3c2ccc3c(c2)OCO3)cc1. The summed E-state index contributed by atoms with van der Waals surface area (Å²) < 4.78 is 18.5. The van der Waals surface area contributed by atoms with E-state index in [1.54, 1.807) is 23.8 Å². The number of amides is 2. The number of ether oxygens (including phenoxy) is 3. The van der Waals surface area contributed by atoms with Gasteiger partial charge in [0.15, 0.2) is 11.5 Å². The fourth-order valence-corrected chi connectivity index (χ4v) is 7.00. The Morgan fingerprint density at radius 2 is 1.79 bits per heavy atom. The predicted molar refractivity (Wildman–Crippen MR) is 163 cm³/mol. The largest absolute Gasteiger partial charge is 0.497 e. The molecule has 1 fully saturated rings. The number of hydrogen-bond donors (Lipinski definition) is 0. The van der Waals surface area contributed by atoms with Crippen LogP contribution in [0.15, 0.2) is 42.5 Å². The highest BCUT2D eigenvalue weighted by atomic mass is 32.2. The first-order chi connectivity index (χ1) is 20.1. The zero-order chi connectivity index (χ0) is 29.6. The molecule has 9 nitrogen and oxygen atoms in total. The Morgan fingerprint density at radius 3 is 2.48 bits per heavy atom. The molecule has 0 unspecified atom stereocenters. The molecule has 0 saturated carbocycles. The number of carbonyl (C=O) groups is 2. The van der Waals surface area contributed by atoms with Crippen LogP contribution in [-0.2, 0) is 15.0 Å². The number of benzene rings is 2. The molecule has 1 aromatic heterocycles. The molecule has 4 heterocycles. The normalized spacial score (nSPS) is 19.1. The molecule has 6 rings (SSSR count). The van der Waals surface area contributed by atoms with Gasteiger partial charge in [0.05, 0.1) is 29.5 Å². The van der Waals surface area contributed by atoms with Crippen LogP contribution >= 0.6 is 11.8 Å². The van der Waals surface area contributed by atoms with Gasteiger partial charge in [0, 0.05) is 24.1 Å². The number of likely N-dealkylation sites (tertiary alicyclic amines) is 1. The molecule has 0 N–H and O–H groups in total. The standard InChI is InChI=1S/C32H38N4O5S/c1-20-12-14-34(15-13-20)26(37)17-35-27(38)18-42-29(21-6-11-24-25(16-21)41-19-40-24)28-30(32(2,3)4)33-36(31(28)35)22-7-9-23(39-5)10-8-22/h6-11,16,20,29H,12-15,17-19H2,1-5H3/t29-/m0/s1. The van der Waals surface area contributed by atoms with Gasteiger partial charge in [-0.2, -0.15) is 5.10 Å². The van der Waals surface area contributed by atoms with Gasteiger partial charge in [0.25, 0.3) is 0 Å². The number of piperidine rings is 1. The van der Waals surface area contributed by atoms with E-state index in [0.29, 0.717) is 36.3 Å². The summed E-state index contributed by atoms with van der Waals surface area (Å²) in [5.74, 6) is 3.45. The van der Waals surface area contributed by atoms with E-state index in [1.807, 2.05) is 52.0 Å². The smallest absolute Gasteiger partial charge is 0.242 e. The van der Waals surface area contributed by atoms with Crippen molar-refractivity contribution in [2.24, 2.45) is 5.92 Å². The first-order valence-corrected chi connectivity index (χ1v) is 15.6. The highest BCUT2D eigenvalue weighted by molar-refractivity contribution is 8.00. The van der Waals surface area contributed by atoms with Crippen LogP contribution in [0.4, 0.5) is 5.82 Å². The molecule has 0 spiro atoms. The first kappa shape index (κ1) is 28.5. The molecule has 3 aliphatic heterocycles. The molecule has 0 radical (unpaired) electrons. The zero-order valence-electron chi connectivity index (χ0n) is 24.9. The van der Waals surface area contributed by atoms with Crippen LogP contribution in [-0.4, -0.2) is 65.8 Å². The van der Waals surface area contributed by atoms with Crippen molar-refractivity contribution in [3.63, 3.8) is 0 Å². The molecule has 3 aliphatic rings. The lowest BCUT2D eigenvalue weighted by Crippen LogP contribution is -2.46. The quantitative estimate of drug-likeness (QED) is 0.397. The maximum atomic E-state index is 14.0. The number of aromatic nitrogens is 2. The van der Waals surface area contributed by atoms with Crippen molar-refractivity contribution in [2.75, 3.05) is 44.2 Å². The van der Waals surface area contributed by atoms with Gasteiger partial charge in [-0.25, -0.2) is 4.68 Å². The van der Waals surface area contributed by atoms with Crippen molar-refractivity contribution < 1.29 is 23.8 Å². The highest BCUT2D eigenvalue weighted by Crippen LogP contribution is 2.50. The van der Waals surface area contributed by atoms with Gasteiger partial charge in [0.1, 0.15) is 18.1 Å². The predicted octanol–water partition coefficient (Wildman–Crippen LogP) is 5.33. The molecule has 2 aromatic carbocycles. The second-order valence-corrected chi connectivity index (χ2v) is 13.4. The van der Waals surface area contributed by atoms with Gasteiger partial charge in [-0.15, -0.1) is 11.8 Å². The van der Waals surface area contributed by atoms with Gasteiger partial charge in [-0.05, 0) is 60.7 Å². The summed E-state index contributed by atoms with van der Waals surface area (Å²) in [5, 5.41) is 4.97. The van der Waals surface area contributed by atoms with E-state index >= 15 is 0 Å². The maximum Gasteiger partial charge on any atom is 0.242 e. The van der Waals surface area contributed by atoms with Crippen molar-refractivity contribution in [2.45, 2.75) is 51.2 Å². The second-order valence-electron chi connectivity index (χ2n) is 12.3. The van der Waals surface area contributed by atoms with Crippen LogP contribution < -0.4 is 19.1 Å². The molecule has 42 heavy (non-hydrogen) atoms. The number of nitrogens with zero attached hydrogens (tertiary/aromatic N) is 4. The van der Waals surface area contributed by atoms with E-state index in [2.05, 4.69) is 27.7 Å². The van der Waals surface area contributed by atoms with Gasteiger partial charge in [0.2, 0.25) is 18.6 Å². The van der Waals surface area contributed by atoms with Crippen LogP contribution in [0, 0.1) is 5.92 Å².